The van der Waals surface area contributed by atoms with Gasteiger partial charge in [0, 0.05) is 24.9 Å². The fourth-order valence-electron chi connectivity index (χ4n) is 6.10. The van der Waals surface area contributed by atoms with E-state index >= 15 is 0 Å². The van der Waals surface area contributed by atoms with Crippen LogP contribution in [0.15, 0.2) is 121 Å². The van der Waals surface area contributed by atoms with E-state index in [0.717, 1.165) is 22.3 Å². The van der Waals surface area contributed by atoms with Gasteiger partial charge in [0.2, 0.25) is 0 Å². The highest BCUT2D eigenvalue weighted by Gasteiger charge is 2.48. The molecule has 4 aromatic rings. The molecular formula is C34H31NO4. The second kappa shape index (κ2) is 11.3. The molecule has 5 nitrogen and oxygen atoms in total. The van der Waals surface area contributed by atoms with Crippen molar-refractivity contribution in [1.29, 1.82) is 0 Å². The lowest BCUT2D eigenvalue weighted by Crippen LogP contribution is -2.35. The number of carbonyl (C=O) groups excluding carboxylic acids is 2. The lowest BCUT2D eigenvalue weighted by atomic mass is 9.80. The Balaban J connectivity index is 1.23. The van der Waals surface area contributed by atoms with Crippen LogP contribution in [0.2, 0.25) is 0 Å². The summed E-state index contributed by atoms with van der Waals surface area (Å²) in [5.41, 5.74) is 4.10. The van der Waals surface area contributed by atoms with Crippen molar-refractivity contribution in [1.82, 2.24) is 5.32 Å². The molecule has 0 unspecified atom stereocenters. The zero-order valence-electron chi connectivity index (χ0n) is 21.6. The minimum atomic E-state index is -0.380. The first-order chi connectivity index (χ1) is 19.2. The number of hydrogen-bond acceptors (Lipinski definition) is 5. The van der Waals surface area contributed by atoms with Gasteiger partial charge in [0.15, 0.2) is 0 Å². The van der Waals surface area contributed by atoms with Gasteiger partial charge in [-0.25, -0.2) is 0 Å². The maximum Gasteiger partial charge on any atom is 0.311 e. The van der Waals surface area contributed by atoms with Gasteiger partial charge in [-0.1, -0.05) is 121 Å². The van der Waals surface area contributed by atoms with Gasteiger partial charge in [0.05, 0.1) is 11.8 Å². The molecule has 2 saturated heterocycles. The van der Waals surface area contributed by atoms with Crippen molar-refractivity contribution < 1.29 is 19.1 Å². The highest BCUT2D eigenvalue weighted by Crippen LogP contribution is 2.47. The van der Waals surface area contributed by atoms with Gasteiger partial charge in [-0.2, -0.15) is 0 Å². The highest BCUT2D eigenvalue weighted by molar-refractivity contribution is 5.78. The zero-order valence-corrected chi connectivity index (χ0v) is 21.6. The van der Waals surface area contributed by atoms with Crippen molar-refractivity contribution in [3.05, 3.63) is 144 Å². The summed E-state index contributed by atoms with van der Waals surface area (Å²) in [5, 5.41) is 3.47. The van der Waals surface area contributed by atoms with Crippen LogP contribution in [0.5, 0.6) is 0 Å². The van der Waals surface area contributed by atoms with E-state index in [-0.39, 0.29) is 47.8 Å². The zero-order chi connectivity index (χ0) is 26.6. The smallest absolute Gasteiger partial charge is 0.311 e. The summed E-state index contributed by atoms with van der Waals surface area (Å²) in [7, 11) is 0. The summed E-state index contributed by atoms with van der Waals surface area (Å²) in [6.45, 7) is 0.812. The summed E-state index contributed by atoms with van der Waals surface area (Å²) in [4.78, 5) is 26.4. The average Bonchev–Trinajstić information content (AvgIpc) is 3.51. The lowest BCUT2D eigenvalue weighted by Gasteiger charge is -2.24. The maximum absolute atomic E-state index is 13.2. The average molecular weight is 518 g/mol. The molecule has 2 aliphatic rings. The monoisotopic (exact) mass is 517 g/mol. The molecule has 4 aromatic carbocycles. The second-order valence-corrected chi connectivity index (χ2v) is 10.3. The van der Waals surface area contributed by atoms with Crippen LogP contribution >= 0.6 is 0 Å². The number of carbonyl (C=O) groups is 2. The molecule has 6 atom stereocenters. The van der Waals surface area contributed by atoms with Crippen LogP contribution in [0.4, 0.5) is 0 Å². The molecule has 6 rings (SSSR count). The molecule has 196 valence electrons. The number of cyclic esters (lactones) is 2. The third-order valence-corrected chi connectivity index (χ3v) is 7.96. The van der Waals surface area contributed by atoms with Crippen molar-refractivity contribution in [3.8, 4) is 0 Å². The maximum atomic E-state index is 13.2. The Bertz CT molecular complexity index is 1290. The topological polar surface area (TPSA) is 64.6 Å². The lowest BCUT2D eigenvalue weighted by molar-refractivity contribution is -0.144. The number of nitrogens with one attached hydrogen (secondary N) is 1. The summed E-state index contributed by atoms with van der Waals surface area (Å²) in [5.74, 6) is -1.47. The Hall–Kier alpha value is -4.22. The molecule has 2 fully saturated rings. The number of benzene rings is 4. The Labute approximate surface area is 228 Å². The van der Waals surface area contributed by atoms with Crippen LogP contribution in [-0.4, -0.2) is 25.0 Å². The van der Waals surface area contributed by atoms with E-state index < -0.39 is 0 Å². The third-order valence-electron chi connectivity index (χ3n) is 7.96. The first-order valence-corrected chi connectivity index (χ1v) is 13.5. The summed E-state index contributed by atoms with van der Waals surface area (Å²) in [6, 6.07) is 40.0. The Morgan fingerprint density at radius 3 is 1.10 bits per heavy atom. The summed E-state index contributed by atoms with van der Waals surface area (Å²) >= 11 is 0. The van der Waals surface area contributed by atoms with Crippen LogP contribution in [0.3, 0.4) is 0 Å². The normalized spacial score (nSPS) is 26.3. The highest BCUT2D eigenvalue weighted by atomic mass is 16.6. The molecule has 0 amide bonds. The van der Waals surface area contributed by atoms with Gasteiger partial charge in [-0.05, 0) is 22.3 Å². The predicted molar refractivity (Wildman–Crippen MR) is 149 cm³/mol. The van der Waals surface area contributed by atoms with E-state index in [1.54, 1.807) is 0 Å². The quantitative estimate of drug-likeness (QED) is 0.292. The van der Waals surface area contributed by atoms with Gasteiger partial charge in [-0.15, -0.1) is 0 Å². The number of rotatable bonds is 8. The third kappa shape index (κ3) is 5.10. The first kappa shape index (κ1) is 25.1. The molecule has 0 radical (unpaired) electrons. The Kier molecular flexibility index (Phi) is 7.24. The predicted octanol–water partition coefficient (Wildman–Crippen LogP) is 5.97. The molecular weight excluding hydrogens is 486 g/mol. The van der Waals surface area contributed by atoms with E-state index in [1.807, 2.05) is 97.1 Å². The Morgan fingerprint density at radius 1 is 0.462 bits per heavy atom. The first-order valence-electron chi connectivity index (χ1n) is 13.5. The van der Waals surface area contributed by atoms with Gasteiger partial charge < -0.3 is 14.8 Å². The van der Waals surface area contributed by atoms with Crippen LogP contribution in [-0.2, 0) is 19.1 Å². The summed E-state index contributed by atoms with van der Waals surface area (Å²) in [6.07, 6.45) is -0.715. The van der Waals surface area contributed by atoms with Crippen LogP contribution in [0.1, 0.15) is 46.3 Å². The van der Waals surface area contributed by atoms with E-state index in [4.69, 9.17) is 9.47 Å². The van der Waals surface area contributed by atoms with Gasteiger partial charge in [0.25, 0.3) is 0 Å². The molecule has 0 saturated carbocycles. The van der Waals surface area contributed by atoms with E-state index in [2.05, 4.69) is 29.6 Å². The summed E-state index contributed by atoms with van der Waals surface area (Å²) < 4.78 is 11.9. The molecule has 0 bridgehead atoms. The molecule has 39 heavy (non-hydrogen) atoms. The second-order valence-electron chi connectivity index (χ2n) is 10.3. The largest absolute Gasteiger partial charge is 0.457 e. The number of ether oxygens (including phenoxy) is 2. The van der Waals surface area contributed by atoms with Crippen LogP contribution in [0, 0.1) is 11.8 Å². The molecule has 1 N–H and O–H groups in total. The molecule has 2 heterocycles. The molecule has 0 aromatic heterocycles. The minimum Gasteiger partial charge on any atom is -0.457 e. The number of esters is 2. The molecule has 2 aliphatic heterocycles. The van der Waals surface area contributed by atoms with E-state index in [9.17, 15) is 9.59 Å². The van der Waals surface area contributed by atoms with Crippen molar-refractivity contribution in [2.45, 2.75) is 24.0 Å². The van der Waals surface area contributed by atoms with Crippen molar-refractivity contribution in [3.63, 3.8) is 0 Å². The van der Waals surface area contributed by atoms with E-state index in [1.165, 1.54) is 0 Å². The molecule has 5 heteroatoms. The van der Waals surface area contributed by atoms with Crippen molar-refractivity contribution in [2.75, 3.05) is 13.1 Å². The van der Waals surface area contributed by atoms with Crippen LogP contribution < -0.4 is 5.32 Å². The van der Waals surface area contributed by atoms with Gasteiger partial charge >= 0.3 is 11.9 Å². The van der Waals surface area contributed by atoms with Crippen molar-refractivity contribution in [2.24, 2.45) is 11.8 Å². The fourth-order valence-corrected chi connectivity index (χ4v) is 6.10. The van der Waals surface area contributed by atoms with Crippen molar-refractivity contribution >= 4 is 11.9 Å². The van der Waals surface area contributed by atoms with Crippen LogP contribution in [0.25, 0.3) is 0 Å². The Morgan fingerprint density at radius 2 is 0.769 bits per heavy atom. The SMILES string of the molecule is O=C1O[C@H](c2ccccc2)[C@H](c2ccccc2)[C@@H]1CNC[C@@H]1C(=O)O[C@H](c2ccccc2)[C@@H]1c1ccccc1. The minimum absolute atomic E-state index is 0.133. The van der Waals surface area contributed by atoms with Gasteiger partial charge in [-0.3, -0.25) is 9.59 Å². The molecule has 0 aliphatic carbocycles. The standard InChI is InChI=1S/C34H31NO4/c36-33-27(29(23-13-5-1-6-14-23)31(38-33)25-17-9-3-10-18-25)21-35-22-28-30(24-15-7-2-8-16-24)32(39-34(28)37)26-19-11-4-12-20-26/h1-20,27-32,35H,21-22H2/t27-,28-,29+,30+,31+,32+/m0/s1. The number of hydrogen-bond donors (Lipinski definition) is 1. The fraction of sp³-hybridized carbons (Fsp3) is 0.235. The van der Waals surface area contributed by atoms with Gasteiger partial charge in [0.1, 0.15) is 12.2 Å². The van der Waals surface area contributed by atoms with E-state index in [0.29, 0.717) is 13.1 Å². The molecule has 0 spiro atoms.